The van der Waals surface area contributed by atoms with Crippen LogP contribution in [0.2, 0.25) is 0 Å². The number of hydrogen-bond acceptors (Lipinski definition) is 3. The Morgan fingerprint density at radius 1 is 1.64 bits per heavy atom. The summed E-state index contributed by atoms with van der Waals surface area (Å²) in [5.74, 6) is 0.727. The molecule has 0 radical (unpaired) electrons. The smallest absolute Gasteiger partial charge is 0.107 e. The van der Waals surface area contributed by atoms with E-state index in [9.17, 15) is 5.26 Å². The van der Waals surface area contributed by atoms with Gasteiger partial charge in [0.2, 0.25) is 0 Å². The first kappa shape index (κ1) is 11.5. The Labute approximate surface area is 86.4 Å². The van der Waals surface area contributed by atoms with Crippen LogP contribution in [0, 0.1) is 17.2 Å². The molecule has 1 saturated carbocycles. The Hall–Kier alpha value is -0.590. The van der Waals surface area contributed by atoms with Crippen molar-refractivity contribution in [2.75, 3.05) is 20.3 Å². The molecular weight excluding hydrogens is 176 g/mol. The Kier molecular flexibility index (Phi) is 4.37. The van der Waals surface area contributed by atoms with E-state index in [2.05, 4.69) is 18.3 Å². The van der Waals surface area contributed by atoms with E-state index in [1.165, 1.54) is 12.8 Å². The summed E-state index contributed by atoms with van der Waals surface area (Å²) in [6, 6.07) is 2.43. The predicted octanol–water partition coefficient (Wildman–Crippen LogP) is 1.69. The standard InChI is InChI=1S/C11H20N2O/c1-3-10-4-5-11(8-10,9-12)13-6-7-14-2/h10,13H,3-8H2,1-2H3. The summed E-state index contributed by atoms with van der Waals surface area (Å²) in [6.07, 6.45) is 4.37. The fraction of sp³-hybridized carbons (Fsp3) is 0.909. The van der Waals surface area contributed by atoms with Crippen LogP contribution in [0.5, 0.6) is 0 Å². The number of methoxy groups -OCH3 is 1. The zero-order valence-corrected chi connectivity index (χ0v) is 9.18. The van der Waals surface area contributed by atoms with Gasteiger partial charge in [0.05, 0.1) is 12.7 Å². The molecule has 3 nitrogen and oxygen atoms in total. The molecule has 0 amide bonds. The maximum atomic E-state index is 9.18. The van der Waals surface area contributed by atoms with Crippen LogP contribution >= 0.6 is 0 Å². The van der Waals surface area contributed by atoms with Gasteiger partial charge in [0.1, 0.15) is 5.54 Å². The average Bonchev–Trinajstić information content (AvgIpc) is 2.63. The lowest BCUT2D eigenvalue weighted by molar-refractivity contribution is 0.190. The van der Waals surface area contributed by atoms with Crippen molar-refractivity contribution in [3.05, 3.63) is 0 Å². The van der Waals surface area contributed by atoms with Crippen LogP contribution in [0.15, 0.2) is 0 Å². The summed E-state index contributed by atoms with van der Waals surface area (Å²) in [5.41, 5.74) is -0.265. The highest BCUT2D eigenvalue weighted by atomic mass is 16.5. The topological polar surface area (TPSA) is 45.0 Å². The highest BCUT2D eigenvalue weighted by Crippen LogP contribution is 2.35. The van der Waals surface area contributed by atoms with E-state index in [1.807, 2.05) is 0 Å². The largest absolute Gasteiger partial charge is 0.383 e. The number of nitriles is 1. The Morgan fingerprint density at radius 2 is 2.43 bits per heavy atom. The minimum atomic E-state index is -0.265. The van der Waals surface area contributed by atoms with E-state index in [0.717, 1.165) is 25.3 Å². The molecule has 0 aromatic carbocycles. The van der Waals surface area contributed by atoms with E-state index in [1.54, 1.807) is 7.11 Å². The van der Waals surface area contributed by atoms with E-state index in [4.69, 9.17) is 4.74 Å². The van der Waals surface area contributed by atoms with Crippen LogP contribution < -0.4 is 5.32 Å². The number of hydrogen-bond donors (Lipinski definition) is 1. The van der Waals surface area contributed by atoms with Gasteiger partial charge >= 0.3 is 0 Å². The summed E-state index contributed by atoms with van der Waals surface area (Å²) < 4.78 is 4.97. The van der Waals surface area contributed by atoms with Gasteiger partial charge in [0, 0.05) is 13.7 Å². The second-order valence-corrected chi connectivity index (χ2v) is 4.13. The van der Waals surface area contributed by atoms with Crippen LogP contribution in [0.1, 0.15) is 32.6 Å². The second kappa shape index (κ2) is 5.33. The van der Waals surface area contributed by atoms with Gasteiger partial charge in [-0.3, -0.25) is 5.32 Å². The first-order chi connectivity index (χ1) is 6.76. The Morgan fingerprint density at radius 3 is 2.93 bits per heavy atom. The van der Waals surface area contributed by atoms with Crippen molar-refractivity contribution in [3.8, 4) is 6.07 Å². The second-order valence-electron chi connectivity index (χ2n) is 4.13. The zero-order chi connectivity index (χ0) is 10.4. The number of nitrogens with one attached hydrogen (secondary N) is 1. The molecule has 1 fully saturated rings. The number of rotatable bonds is 5. The summed E-state index contributed by atoms with van der Waals surface area (Å²) in [5, 5.41) is 12.5. The van der Waals surface area contributed by atoms with E-state index < -0.39 is 0 Å². The van der Waals surface area contributed by atoms with Gasteiger partial charge in [-0.25, -0.2) is 0 Å². The molecule has 14 heavy (non-hydrogen) atoms. The molecule has 0 spiro atoms. The first-order valence-electron chi connectivity index (χ1n) is 5.41. The van der Waals surface area contributed by atoms with E-state index >= 15 is 0 Å². The van der Waals surface area contributed by atoms with Crippen molar-refractivity contribution in [3.63, 3.8) is 0 Å². The van der Waals surface area contributed by atoms with Crippen LogP contribution in [-0.2, 0) is 4.74 Å². The van der Waals surface area contributed by atoms with Crippen molar-refractivity contribution < 1.29 is 4.74 Å². The molecule has 3 heteroatoms. The van der Waals surface area contributed by atoms with Gasteiger partial charge in [-0.15, -0.1) is 0 Å². The van der Waals surface area contributed by atoms with Crippen molar-refractivity contribution in [1.82, 2.24) is 5.32 Å². The van der Waals surface area contributed by atoms with Crippen LogP contribution in [0.3, 0.4) is 0 Å². The van der Waals surface area contributed by atoms with E-state index in [-0.39, 0.29) is 5.54 Å². The molecule has 1 rings (SSSR count). The lowest BCUT2D eigenvalue weighted by atomic mass is 9.97. The zero-order valence-electron chi connectivity index (χ0n) is 9.18. The van der Waals surface area contributed by atoms with Gasteiger partial charge < -0.3 is 4.74 Å². The molecule has 0 aromatic heterocycles. The summed E-state index contributed by atoms with van der Waals surface area (Å²) in [6.45, 7) is 3.66. The third-order valence-corrected chi connectivity index (χ3v) is 3.18. The highest BCUT2D eigenvalue weighted by molar-refractivity contribution is 5.11. The maximum absolute atomic E-state index is 9.18. The average molecular weight is 196 g/mol. The Balaban J connectivity index is 2.40. The molecule has 0 aromatic rings. The predicted molar refractivity (Wildman–Crippen MR) is 55.9 cm³/mol. The molecule has 80 valence electrons. The highest BCUT2D eigenvalue weighted by Gasteiger charge is 2.37. The van der Waals surface area contributed by atoms with Gasteiger partial charge in [-0.1, -0.05) is 13.3 Å². The molecule has 0 bridgehead atoms. The summed E-state index contributed by atoms with van der Waals surface area (Å²) >= 11 is 0. The molecule has 1 aliphatic carbocycles. The van der Waals surface area contributed by atoms with E-state index in [0.29, 0.717) is 6.61 Å². The van der Waals surface area contributed by atoms with Gasteiger partial charge in [0.15, 0.2) is 0 Å². The SMILES string of the molecule is CCC1CCC(C#N)(NCCOC)C1. The van der Waals surface area contributed by atoms with Crippen LogP contribution in [-0.4, -0.2) is 25.8 Å². The number of ether oxygens (including phenoxy) is 1. The third kappa shape index (κ3) is 2.70. The third-order valence-electron chi connectivity index (χ3n) is 3.18. The van der Waals surface area contributed by atoms with Crippen LogP contribution in [0.4, 0.5) is 0 Å². The summed E-state index contributed by atoms with van der Waals surface area (Å²) in [7, 11) is 1.68. The quantitative estimate of drug-likeness (QED) is 0.681. The minimum absolute atomic E-state index is 0.265. The van der Waals surface area contributed by atoms with Crippen LogP contribution in [0.25, 0.3) is 0 Å². The van der Waals surface area contributed by atoms with Gasteiger partial charge in [-0.2, -0.15) is 5.26 Å². The lowest BCUT2D eigenvalue weighted by Crippen LogP contribution is -2.43. The molecule has 0 heterocycles. The normalized spacial score (nSPS) is 31.6. The molecule has 0 aliphatic heterocycles. The number of nitrogens with zero attached hydrogens (tertiary/aromatic N) is 1. The maximum Gasteiger partial charge on any atom is 0.107 e. The fourth-order valence-electron chi connectivity index (χ4n) is 2.19. The monoisotopic (exact) mass is 196 g/mol. The molecule has 1 aliphatic rings. The van der Waals surface area contributed by atoms with Gasteiger partial charge in [0.25, 0.3) is 0 Å². The molecule has 2 unspecified atom stereocenters. The van der Waals surface area contributed by atoms with Crippen molar-refractivity contribution in [2.45, 2.75) is 38.1 Å². The molecule has 1 N–H and O–H groups in total. The molecule has 2 atom stereocenters. The van der Waals surface area contributed by atoms with Crippen molar-refractivity contribution >= 4 is 0 Å². The first-order valence-corrected chi connectivity index (χ1v) is 5.41. The van der Waals surface area contributed by atoms with Crippen molar-refractivity contribution in [2.24, 2.45) is 5.92 Å². The lowest BCUT2D eigenvalue weighted by Gasteiger charge is -2.22. The minimum Gasteiger partial charge on any atom is -0.383 e. The molecule has 0 saturated heterocycles. The van der Waals surface area contributed by atoms with Crippen molar-refractivity contribution in [1.29, 1.82) is 5.26 Å². The van der Waals surface area contributed by atoms with Gasteiger partial charge in [-0.05, 0) is 25.2 Å². The fourth-order valence-corrected chi connectivity index (χ4v) is 2.19. The molecular formula is C11H20N2O. The Bertz CT molecular complexity index is 212. The summed E-state index contributed by atoms with van der Waals surface area (Å²) in [4.78, 5) is 0.